The molecule has 0 saturated heterocycles. The highest BCUT2D eigenvalue weighted by molar-refractivity contribution is 5.79. The molecule has 0 aliphatic carbocycles. The van der Waals surface area contributed by atoms with Crippen molar-refractivity contribution >= 4 is 11.6 Å². The number of hydrogen-bond donors (Lipinski definition) is 1. The van der Waals surface area contributed by atoms with Crippen LogP contribution >= 0.6 is 0 Å². The van der Waals surface area contributed by atoms with Crippen LogP contribution in [0.4, 0.5) is 5.69 Å². The fourth-order valence-electron chi connectivity index (χ4n) is 1.95. The number of ether oxygens (including phenoxy) is 1. The van der Waals surface area contributed by atoms with Crippen LogP contribution in [0.5, 0.6) is 0 Å². The molecule has 4 nitrogen and oxygen atoms in total. The Bertz CT molecular complexity index is 405. The van der Waals surface area contributed by atoms with Gasteiger partial charge in [-0.1, -0.05) is 26.0 Å². The van der Waals surface area contributed by atoms with Gasteiger partial charge < -0.3 is 15.4 Å². The summed E-state index contributed by atoms with van der Waals surface area (Å²) in [6.07, 6.45) is 0.390. The number of nitrogens with two attached hydrogens (primary N) is 1. The molecule has 1 amide bonds. The molecule has 0 atom stereocenters. The molecule has 0 aliphatic rings. The first kappa shape index (κ1) is 15.5. The Morgan fingerprint density at radius 1 is 1.42 bits per heavy atom. The van der Waals surface area contributed by atoms with Crippen molar-refractivity contribution < 1.29 is 9.53 Å². The Morgan fingerprint density at radius 2 is 2.16 bits per heavy atom. The second-order valence-corrected chi connectivity index (χ2v) is 5.15. The third-order valence-corrected chi connectivity index (χ3v) is 2.81. The van der Waals surface area contributed by atoms with E-state index in [-0.39, 0.29) is 5.91 Å². The summed E-state index contributed by atoms with van der Waals surface area (Å²) < 4.78 is 5.06. The maximum absolute atomic E-state index is 12.3. The summed E-state index contributed by atoms with van der Waals surface area (Å²) in [5, 5.41) is 0. The van der Waals surface area contributed by atoms with E-state index in [4.69, 9.17) is 10.5 Å². The second kappa shape index (κ2) is 7.79. The lowest BCUT2D eigenvalue weighted by molar-refractivity contribution is -0.131. The number of nitrogen functional groups attached to an aromatic ring is 1. The van der Waals surface area contributed by atoms with Gasteiger partial charge in [-0.2, -0.15) is 0 Å². The van der Waals surface area contributed by atoms with Crippen LogP contribution in [0.1, 0.15) is 19.4 Å². The molecule has 1 aromatic carbocycles. The first-order valence-corrected chi connectivity index (χ1v) is 6.64. The first-order chi connectivity index (χ1) is 9.02. The lowest BCUT2D eigenvalue weighted by Gasteiger charge is -2.24. The second-order valence-electron chi connectivity index (χ2n) is 5.15. The van der Waals surface area contributed by atoms with E-state index in [0.29, 0.717) is 31.2 Å². The Kier molecular flexibility index (Phi) is 6.36. The van der Waals surface area contributed by atoms with Crippen molar-refractivity contribution in [1.29, 1.82) is 0 Å². The Labute approximate surface area is 115 Å². The zero-order chi connectivity index (χ0) is 14.3. The summed E-state index contributed by atoms with van der Waals surface area (Å²) in [6, 6.07) is 7.48. The molecule has 19 heavy (non-hydrogen) atoms. The standard InChI is InChI=1S/C15H24N2O2/c1-12(2)11-17(7-8-19-3)15(18)10-13-5-4-6-14(16)9-13/h4-6,9,12H,7-8,10-11,16H2,1-3H3. The number of nitrogens with zero attached hydrogens (tertiary/aromatic N) is 1. The smallest absolute Gasteiger partial charge is 0.227 e. The zero-order valence-corrected chi connectivity index (χ0v) is 12.1. The highest BCUT2D eigenvalue weighted by Crippen LogP contribution is 2.09. The van der Waals surface area contributed by atoms with Crippen LogP contribution < -0.4 is 5.73 Å². The van der Waals surface area contributed by atoms with E-state index in [9.17, 15) is 4.79 Å². The molecule has 0 fully saturated rings. The van der Waals surface area contributed by atoms with Crippen LogP contribution in [0, 0.1) is 5.92 Å². The molecule has 106 valence electrons. The quantitative estimate of drug-likeness (QED) is 0.766. The first-order valence-electron chi connectivity index (χ1n) is 6.64. The summed E-state index contributed by atoms with van der Waals surface area (Å²) in [7, 11) is 1.65. The van der Waals surface area contributed by atoms with Crippen molar-refractivity contribution in [2.24, 2.45) is 5.92 Å². The van der Waals surface area contributed by atoms with E-state index in [1.54, 1.807) is 7.11 Å². The summed E-state index contributed by atoms with van der Waals surface area (Å²) in [4.78, 5) is 14.2. The molecule has 0 spiro atoms. The van der Waals surface area contributed by atoms with Gasteiger partial charge in [0, 0.05) is 25.9 Å². The molecule has 0 aromatic heterocycles. The number of amides is 1. The normalized spacial score (nSPS) is 10.7. The molecule has 0 unspecified atom stereocenters. The number of benzene rings is 1. The molecule has 0 radical (unpaired) electrons. The van der Waals surface area contributed by atoms with Crippen LogP contribution in [-0.2, 0) is 16.0 Å². The van der Waals surface area contributed by atoms with E-state index in [0.717, 1.165) is 12.1 Å². The molecule has 0 heterocycles. The van der Waals surface area contributed by atoms with E-state index < -0.39 is 0 Å². The van der Waals surface area contributed by atoms with Crippen LogP contribution in [-0.4, -0.2) is 37.6 Å². The van der Waals surface area contributed by atoms with Gasteiger partial charge in [-0.3, -0.25) is 4.79 Å². The van der Waals surface area contributed by atoms with Crippen molar-refractivity contribution in [2.75, 3.05) is 32.5 Å². The topological polar surface area (TPSA) is 55.6 Å². The number of rotatable bonds is 7. The third-order valence-electron chi connectivity index (χ3n) is 2.81. The molecule has 4 heteroatoms. The monoisotopic (exact) mass is 264 g/mol. The van der Waals surface area contributed by atoms with Crippen LogP contribution in [0.15, 0.2) is 24.3 Å². The molecule has 0 saturated carbocycles. The Hall–Kier alpha value is -1.55. The van der Waals surface area contributed by atoms with Gasteiger partial charge in [0.15, 0.2) is 0 Å². The van der Waals surface area contributed by atoms with Gasteiger partial charge >= 0.3 is 0 Å². The molecule has 0 bridgehead atoms. The predicted molar refractivity (Wildman–Crippen MR) is 77.9 cm³/mol. The number of carbonyl (C=O) groups excluding carboxylic acids is 1. The summed E-state index contributed by atoms with van der Waals surface area (Å²) in [5.74, 6) is 0.568. The third kappa shape index (κ3) is 5.75. The lowest BCUT2D eigenvalue weighted by atomic mass is 10.1. The molecule has 1 aromatic rings. The van der Waals surface area contributed by atoms with Crippen molar-refractivity contribution in [1.82, 2.24) is 4.90 Å². The maximum Gasteiger partial charge on any atom is 0.227 e. The van der Waals surface area contributed by atoms with Crippen molar-refractivity contribution in [3.05, 3.63) is 29.8 Å². The van der Waals surface area contributed by atoms with E-state index >= 15 is 0 Å². The lowest BCUT2D eigenvalue weighted by Crippen LogP contribution is -2.37. The van der Waals surface area contributed by atoms with Crippen LogP contribution in [0.2, 0.25) is 0 Å². The molecule has 1 rings (SSSR count). The SMILES string of the molecule is COCCN(CC(C)C)C(=O)Cc1cccc(N)c1. The van der Waals surface area contributed by atoms with E-state index in [2.05, 4.69) is 13.8 Å². The summed E-state index contributed by atoms with van der Waals surface area (Å²) >= 11 is 0. The Balaban J connectivity index is 2.65. The van der Waals surface area contributed by atoms with Crippen molar-refractivity contribution in [2.45, 2.75) is 20.3 Å². The molecule has 2 N–H and O–H groups in total. The van der Waals surface area contributed by atoms with E-state index in [1.807, 2.05) is 29.2 Å². The highest BCUT2D eigenvalue weighted by Gasteiger charge is 2.15. The number of anilines is 1. The van der Waals surface area contributed by atoms with Crippen LogP contribution in [0.25, 0.3) is 0 Å². The van der Waals surface area contributed by atoms with Gasteiger partial charge in [-0.15, -0.1) is 0 Å². The van der Waals surface area contributed by atoms with Crippen LogP contribution in [0.3, 0.4) is 0 Å². The molecular weight excluding hydrogens is 240 g/mol. The van der Waals surface area contributed by atoms with E-state index in [1.165, 1.54) is 0 Å². The zero-order valence-electron chi connectivity index (χ0n) is 12.1. The fourth-order valence-corrected chi connectivity index (χ4v) is 1.95. The minimum absolute atomic E-state index is 0.122. The van der Waals surface area contributed by atoms with Gasteiger partial charge in [0.25, 0.3) is 0 Å². The van der Waals surface area contributed by atoms with Gasteiger partial charge in [-0.05, 0) is 23.6 Å². The molecular formula is C15H24N2O2. The van der Waals surface area contributed by atoms with Crippen molar-refractivity contribution in [3.63, 3.8) is 0 Å². The summed E-state index contributed by atoms with van der Waals surface area (Å²) in [5.41, 5.74) is 7.37. The predicted octanol–water partition coefficient (Wildman–Crippen LogP) is 1.94. The van der Waals surface area contributed by atoms with Gasteiger partial charge in [0.2, 0.25) is 5.91 Å². The van der Waals surface area contributed by atoms with Gasteiger partial charge in [0.05, 0.1) is 13.0 Å². The average molecular weight is 264 g/mol. The maximum atomic E-state index is 12.3. The largest absolute Gasteiger partial charge is 0.399 e. The summed E-state index contributed by atoms with van der Waals surface area (Å²) in [6.45, 7) is 6.16. The minimum atomic E-state index is 0.122. The minimum Gasteiger partial charge on any atom is -0.399 e. The molecule has 0 aliphatic heterocycles. The van der Waals surface area contributed by atoms with Gasteiger partial charge in [-0.25, -0.2) is 0 Å². The highest BCUT2D eigenvalue weighted by atomic mass is 16.5. The fraction of sp³-hybridized carbons (Fsp3) is 0.533. The van der Waals surface area contributed by atoms with Crippen molar-refractivity contribution in [3.8, 4) is 0 Å². The van der Waals surface area contributed by atoms with Gasteiger partial charge in [0.1, 0.15) is 0 Å². The average Bonchev–Trinajstić information content (AvgIpc) is 2.34. The number of hydrogen-bond acceptors (Lipinski definition) is 3. The number of carbonyl (C=O) groups is 1. The Morgan fingerprint density at radius 3 is 2.74 bits per heavy atom. The number of methoxy groups -OCH3 is 1.